The van der Waals surface area contributed by atoms with Gasteiger partial charge >= 0.3 is 0 Å². The summed E-state index contributed by atoms with van der Waals surface area (Å²) in [6.07, 6.45) is 2.27. The van der Waals surface area contributed by atoms with E-state index >= 15 is 0 Å². The second-order valence-electron chi connectivity index (χ2n) is 4.25. The van der Waals surface area contributed by atoms with Crippen LogP contribution in [0.5, 0.6) is 0 Å². The molecule has 0 aromatic carbocycles. The number of aryl methyl sites for hydroxylation is 2. The minimum atomic E-state index is 0.515. The molecule has 0 radical (unpaired) electrons. The van der Waals surface area contributed by atoms with E-state index in [1.54, 1.807) is 0 Å². The van der Waals surface area contributed by atoms with E-state index in [4.69, 9.17) is 5.73 Å². The second kappa shape index (κ2) is 6.27. The second-order valence-corrected chi connectivity index (χ2v) is 4.25. The van der Waals surface area contributed by atoms with E-state index < -0.39 is 0 Å². The van der Waals surface area contributed by atoms with Crippen molar-refractivity contribution < 1.29 is 0 Å². The highest BCUT2D eigenvalue weighted by atomic mass is 15.3. The maximum Gasteiger partial charge on any atom is 0.188 e. The van der Waals surface area contributed by atoms with E-state index in [-0.39, 0.29) is 0 Å². The molecule has 1 aromatic rings. The Morgan fingerprint density at radius 1 is 1.47 bits per heavy atom. The molecule has 1 rings (SSSR count). The summed E-state index contributed by atoms with van der Waals surface area (Å²) in [5.41, 5.74) is 9.11. The average Bonchev–Trinajstić information content (AvgIpc) is 2.51. The minimum absolute atomic E-state index is 0.515. The number of guanidine groups is 1. The Bertz CT molecular complexity index is 392. The fraction of sp³-hybridized carbons (Fsp3) is 0.667. The molecule has 17 heavy (non-hydrogen) atoms. The van der Waals surface area contributed by atoms with Crippen molar-refractivity contribution in [2.45, 2.75) is 40.2 Å². The van der Waals surface area contributed by atoms with Gasteiger partial charge in [-0.1, -0.05) is 13.3 Å². The topological polar surface area (TPSA) is 68.2 Å². The molecule has 0 unspecified atom stereocenters. The summed E-state index contributed by atoms with van der Waals surface area (Å²) in [6.45, 7) is 7.68. The first-order chi connectivity index (χ1) is 8.06. The summed E-state index contributed by atoms with van der Waals surface area (Å²) in [5, 5.41) is 7.45. The lowest BCUT2D eigenvalue weighted by Gasteiger charge is -2.04. The van der Waals surface area contributed by atoms with Crippen LogP contribution in [0.15, 0.2) is 4.99 Å². The molecule has 0 aliphatic heterocycles. The Morgan fingerprint density at radius 3 is 2.71 bits per heavy atom. The maximum absolute atomic E-state index is 5.78. The van der Waals surface area contributed by atoms with Crippen molar-refractivity contribution in [2.75, 3.05) is 6.54 Å². The number of nitrogens with zero attached hydrogens (tertiary/aromatic N) is 3. The third kappa shape index (κ3) is 3.76. The molecular formula is C12H23N5. The van der Waals surface area contributed by atoms with Gasteiger partial charge < -0.3 is 11.1 Å². The van der Waals surface area contributed by atoms with Crippen molar-refractivity contribution in [3.05, 3.63) is 17.0 Å². The van der Waals surface area contributed by atoms with Crippen molar-refractivity contribution in [2.24, 2.45) is 17.8 Å². The van der Waals surface area contributed by atoms with Gasteiger partial charge in [0.1, 0.15) is 0 Å². The molecule has 0 atom stereocenters. The molecule has 1 aromatic heterocycles. The third-order valence-corrected chi connectivity index (χ3v) is 2.90. The molecule has 96 valence electrons. The van der Waals surface area contributed by atoms with E-state index in [9.17, 15) is 0 Å². The molecule has 0 fully saturated rings. The van der Waals surface area contributed by atoms with Crippen LogP contribution in [-0.4, -0.2) is 22.3 Å². The third-order valence-electron chi connectivity index (χ3n) is 2.90. The zero-order chi connectivity index (χ0) is 12.8. The predicted molar refractivity (Wildman–Crippen MR) is 70.9 cm³/mol. The SMILES string of the molecule is CCCCNC(N)=NCc1c(C)nn(C)c1C. The number of nitrogens with two attached hydrogens (primary N) is 1. The van der Waals surface area contributed by atoms with Gasteiger partial charge in [-0.3, -0.25) is 4.68 Å². The van der Waals surface area contributed by atoms with Gasteiger partial charge in [0.05, 0.1) is 12.2 Å². The smallest absolute Gasteiger partial charge is 0.188 e. The quantitative estimate of drug-likeness (QED) is 0.460. The molecule has 0 amide bonds. The van der Waals surface area contributed by atoms with Gasteiger partial charge in [0.25, 0.3) is 0 Å². The van der Waals surface area contributed by atoms with Crippen molar-refractivity contribution in [3.8, 4) is 0 Å². The molecule has 5 heteroatoms. The Balaban J connectivity index is 2.56. The Hall–Kier alpha value is -1.52. The first-order valence-electron chi connectivity index (χ1n) is 6.09. The lowest BCUT2D eigenvalue weighted by atomic mass is 10.2. The molecule has 3 N–H and O–H groups in total. The van der Waals surface area contributed by atoms with E-state index in [0.29, 0.717) is 12.5 Å². The van der Waals surface area contributed by atoms with E-state index in [1.165, 1.54) is 0 Å². The van der Waals surface area contributed by atoms with Crippen LogP contribution in [0.1, 0.15) is 36.7 Å². The number of aromatic nitrogens is 2. The van der Waals surface area contributed by atoms with Crippen molar-refractivity contribution in [1.82, 2.24) is 15.1 Å². The molecule has 1 heterocycles. The van der Waals surface area contributed by atoms with Crippen LogP contribution in [0.25, 0.3) is 0 Å². The maximum atomic E-state index is 5.78. The van der Waals surface area contributed by atoms with Gasteiger partial charge in [-0.25, -0.2) is 4.99 Å². The van der Waals surface area contributed by atoms with Crippen LogP contribution in [0, 0.1) is 13.8 Å². The number of unbranched alkanes of at least 4 members (excludes halogenated alkanes) is 1. The minimum Gasteiger partial charge on any atom is -0.370 e. The van der Waals surface area contributed by atoms with Gasteiger partial charge in [0.15, 0.2) is 5.96 Å². The predicted octanol–water partition coefficient (Wildman–Crippen LogP) is 1.24. The van der Waals surface area contributed by atoms with Crippen LogP contribution in [0.3, 0.4) is 0 Å². The summed E-state index contributed by atoms with van der Waals surface area (Å²) >= 11 is 0. The molecule has 0 bridgehead atoms. The van der Waals surface area contributed by atoms with E-state index in [0.717, 1.165) is 36.3 Å². The summed E-state index contributed by atoms with van der Waals surface area (Å²) in [4.78, 5) is 4.33. The van der Waals surface area contributed by atoms with Crippen LogP contribution in [-0.2, 0) is 13.6 Å². The highest BCUT2D eigenvalue weighted by molar-refractivity contribution is 5.77. The Labute approximate surface area is 103 Å². The Morgan fingerprint density at radius 2 is 2.18 bits per heavy atom. The molecular weight excluding hydrogens is 214 g/mol. The molecule has 0 aliphatic carbocycles. The van der Waals surface area contributed by atoms with Gasteiger partial charge in [0.2, 0.25) is 0 Å². The normalized spacial score (nSPS) is 11.9. The fourth-order valence-electron chi connectivity index (χ4n) is 1.66. The zero-order valence-corrected chi connectivity index (χ0v) is 11.2. The summed E-state index contributed by atoms with van der Waals surface area (Å²) in [6, 6.07) is 0. The first kappa shape index (κ1) is 13.5. The highest BCUT2D eigenvalue weighted by Gasteiger charge is 2.08. The van der Waals surface area contributed by atoms with E-state index in [1.807, 2.05) is 25.6 Å². The number of hydrogen-bond donors (Lipinski definition) is 2. The monoisotopic (exact) mass is 237 g/mol. The molecule has 0 saturated carbocycles. The molecule has 5 nitrogen and oxygen atoms in total. The molecule has 0 spiro atoms. The zero-order valence-electron chi connectivity index (χ0n) is 11.2. The number of hydrogen-bond acceptors (Lipinski definition) is 2. The fourth-order valence-corrected chi connectivity index (χ4v) is 1.66. The number of rotatable bonds is 5. The van der Waals surface area contributed by atoms with Crippen molar-refractivity contribution >= 4 is 5.96 Å². The van der Waals surface area contributed by atoms with E-state index in [2.05, 4.69) is 22.3 Å². The summed E-state index contributed by atoms with van der Waals surface area (Å²) < 4.78 is 1.88. The lowest BCUT2D eigenvalue weighted by Crippen LogP contribution is -2.32. The summed E-state index contributed by atoms with van der Waals surface area (Å²) in [5.74, 6) is 0.515. The Kier molecular flexibility index (Phi) is 5.00. The van der Waals surface area contributed by atoms with Crippen LogP contribution in [0.4, 0.5) is 0 Å². The van der Waals surface area contributed by atoms with Crippen LogP contribution < -0.4 is 11.1 Å². The number of nitrogens with one attached hydrogen (secondary N) is 1. The summed E-state index contributed by atoms with van der Waals surface area (Å²) in [7, 11) is 1.94. The highest BCUT2D eigenvalue weighted by Crippen LogP contribution is 2.12. The lowest BCUT2D eigenvalue weighted by molar-refractivity contribution is 0.729. The standard InChI is InChI=1S/C12H23N5/c1-5-6-7-14-12(13)15-8-11-9(2)16-17(4)10(11)3/h5-8H2,1-4H3,(H3,13,14,15). The van der Waals surface area contributed by atoms with Gasteiger partial charge in [-0.05, 0) is 20.3 Å². The number of aliphatic imine (C=N–C) groups is 1. The van der Waals surface area contributed by atoms with Crippen LogP contribution in [0.2, 0.25) is 0 Å². The average molecular weight is 237 g/mol. The first-order valence-corrected chi connectivity index (χ1v) is 6.09. The van der Waals surface area contributed by atoms with Crippen molar-refractivity contribution in [3.63, 3.8) is 0 Å². The largest absolute Gasteiger partial charge is 0.370 e. The van der Waals surface area contributed by atoms with Gasteiger partial charge in [0, 0.05) is 24.8 Å². The van der Waals surface area contributed by atoms with Crippen LogP contribution >= 0.6 is 0 Å². The van der Waals surface area contributed by atoms with Gasteiger partial charge in [-0.15, -0.1) is 0 Å². The van der Waals surface area contributed by atoms with Gasteiger partial charge in [-0.2, -0.15) is 5.10 Å². The van der Waals surface area contributed by atoms with Crippen molar-refractivity contribution in [1.29, 1.82) is 0 Å². The molecule has 0 saturated heterocycles. The molecule has 0 aliphatic rings.